The second-order valence-corrected chi connectivity index (χ2v) is 29.2. The summed E-state index contributed by atoms with van der Waals surface area (Å²) in [5.74, 6) is -0.0221. The molecule has 3 aromatic carbocycles. The highest BCUT2D eigenvalue weighted by atomic mass is 33.1. The van der Waals surface area contributed by atoms with E-state index in [4.69, 9.17) is 52.6 Å². The zero-order valence-corrected chi connectivity index (χ0v) is 59.2. The van der Waals surface area contributed by atoms with E-state index in [0.717, 1.165) is 70.6 Å². The number of likely N-dealkylation sites (N-methyl/N-ethyl adjacent to an activating group) is 1. The van der Waals surface area contributed by atoms with Crippen LogP contribution >= 0.6 is 21.6 Å². The van der Waals surface area contributed by atoms with Crippen LogP contribution in [-0.4, -0.2) is 142 Å². The van der Waals surface area contributed by atoms with E-state index >= 15 is 0 Å². The second-order valence-electron chi connectivity index (χ2n) is 26.5. The monoisotopic (exact) mass is 1400 g/mol. The van der Waals surface area contributed by atoms with Crippen molar-refractivity contribution in [3.05, 3.63) is 138 Å². The van der Waals surface area contributed by atoms with Crippen molar-refractivity contribution in [2.75, 3.05) is 74.8 Å². The number of aliphatic hydroxyl groups is 1. The number of carbonyl (C=O) groups is 6. The molecule has 1 amide bonds. The molecule has 12 rings (SSSR count). The van der Waals surface area contributed by atoms with E-state index in [0.29, 0.717) is 76.2 Å². The number of anilines is 2. The number of ether oxygens (including phenoxy) is 9. The van der Waals surface area contributed by atoms with Crippen LogP contribution in [0.25, 0.3) is 44.6 Å². The van der Waals surface area contributed by atoms with Gasteiger partial charge in [0.25, 0.3) is 11.1 Å². The summed E-state index contributed by atoms with van der Waals surface area (Å²) in [6.07, 6.45) is -1.85. The Morgan fingerprint density at radius 2 is 1.09 bits per heavy atom. The summed E-state index contributed by atoms with van der Waals surface area (Å²) in [6, 6.07) is 21.5. The molecular weight excluding hydrogens is 1310 g/mol. The molecule has 0 aliphatic carbocycles. The normalized spacial score (nSPS) is 17.5. The average molecular weight is 1400 g/mol. The SMILES string of the molecule is CCc1c2c(nc3ccc(OC(=O)OC(C)(C)C)cc13)-c1cc3c(c(=O)n1C2)COC(=O)[C@@]3(CC)OC(=O)OCCSSCCOC(=O)N(C)c1ccc(N2CCN(C)CC2)cc1.CCc1c2c(nc3ccc(OC(=O)OC(C)(C)C)cc13)-c1cc3c(c(=O)n1C2)COC(=O)[C@]3(O)CC. The fourth-order valence-corrected chi connectivity index (χ4v) is 14.5. The number of rotatable bonds is 16. The number of amides is 1. The molecule has 0 bridgehead atoms. The molecule has 5 aliphatic rings. The van der Waals surface area contributed by atoms with Crippen LogP contribution in [0.5, 0.6) is 11.5 Å². The summed E-state index contributed by atoms with van der Waals surface area (Å²) in [5, 5.41) is 12.6. The Bertz CT molecular complexity index is 4500. The molecule has 0 radical (unpaired) electrons. The van der Waals surface area contributed by atoms with E-state index < -0.39 is 58.9 Å². The summed E-state index contributed by atoms with van der Waals surface area (Å²) in [7, 11) is 6.68. The Morgan fingerprint density at radius 3 is 1.58 bits per heavy atom. The predicted octanol–water partition coefficient (Wildman–Crippen LogP) is 11.5. The number of aromatic nitrogens is 4. The van der Waals surface area contributed by atoms with Gasteiger partial charge in [-0.3, -0.25) is 14.5 Å². The van der Waals surface area contributed by atoms with Crippen LogP contribution in [0, 0.1) is 0 Å². The van der Waals surface area contributed by atoms with Crippen molar-refractivity contribution in [1.82, 2.24) is 24.0 Å². The number of nitrogens with zero attached hydrogens (tertiary/aromatic N) is 7. The van der Waals surface area contributed by atoms with E-state index in [2.05, 4.69) is 16.8 Å². The van der Waals surface area contributed by atoms with E-state index in [1.54, 1.807) is 120 Å². The highest BCUT2D eigenvalue weighted by Crippen LogP contribution is 2.45. The zero-order chi connectivity index (χ0) is 71.0. The number of aryl methyl sites for hydroxylation is 2. The smallest absolute Gasteiger partial charge is 0.458 e. The molecule has 524 valence electrons. The number of carbonyl (C=O) groups excluding carboxylic acids is 6. The molecule has 27 heteroatoms. The van der Waals surface area contributed by atoms with Crippen LogP contribution in [0.15, 0.2) is 82.4 Å². The van der Waals surface area contributed by atoms with Gasteiger partial charge in [-0.25, -0.2) is 38.7 Å². The lowest BCUT2D eigenvalue weighted by molar-refractivity contribution is -0.175. The van der Waals surface area contributed by atoms with Crippen molar-refractivity contribution < 1.29 is 76.5 Å². The molecule has 4 aromatic heterocycles. The van der Waals surface area contributed by atoms with Crippen LogP contribution in [-0.2, 0) is 93.1 Å². The van der Waals surface area contributed by atoms with Crippen molar-refractivity contribution in [2.45, 2.75) is 144 Å². The highest BCUT2D eigenvalue weighted by Gasteiger charge is 2.51. The molecule has 0 unspecified atom stereocenters. The van der Waals surface area contributed by atoms with Crippen molar-refractivity contribution in [3.8, 4) is 34.3 Å². The third-order valence-electron chi connectivity index (χ3n) is 17.9. The Labute approximate surface area is 579 Å². The Hall–Kier alpha value is -9.18. The van der Waals surface area contributed by atoms with Crippen LogP contribution in [0.2, 0.25) is 0 Å². The summed E-state index contributed by atoms with van der Waals surface area (Å²) in [6.45, 7) is 22.1. The van der Waals surface area contributed by atoms with Gasteiger partial charge in [0, 0.05) is 89.1 Å². The van der Waals surface area contributed by atoms with E-state index in [1.165, 1.54) is 26.5 Å². The molecule has 1 fully saturated rings. The Balaban J connectivity index is 0.000000232. The zero-order valence-electron chi connectivity index (χ0n) is 57.6. The molecule has 1 N–H and O–H groups in total. The summed E-state index contributed by atoms with van der Waals surface area (Å²) in [5.41, 5.74) is 4.09. The molecule has 99 heavy (non-hydrogen) atoms. The first-order valence-electron chi connectivity index (χ1n) is 33.0. The lowest BCUT2D eigenvalue weighted by Gasteiger charge is -2.35. The molecule has 0 saturated carbocycles. The van der Waals surface area contributed by atoms with Crippen LogP contribution in [0.4, 0.5) is 30.6 Å². The van der Waals surface area contributed by atoms with Gasteiger partial charge in [0.2, 0.25) is 5.60 Å². The summed E-state index contributed by atoms with van der Waals surface area (Å²) < 4.78 is 51.9. The van der Waals surface area contributed by atoms with Crippen LogP contribution in [0.1, 0.15) is 127 Å². The third-order valence-corrected chi connectivity index (χ3v) is 20.2. The third kappa shape index (κ3) is 14.5. The highest BCUT2D eigenvalue weighted by molar-refractivity contribution is 8.76. The molecule has 1 saturated heterocycles. The first kappa shape index (κ1) is 71.1. The van der Waals surface area contributed by atoms with E-state index in [9.17, 15) is 43.5 Å². The summed E-state index contributed by atoms with van der Waals surface area (Å²) >= 11 is 0. The fourth-order valence-electron chi connectivity index (χ4n) is 12.9. The first-order chi connectivity index (χ1) is 47.1. The fraction of sp³-hybridized carbons (Fsp3) is 0.444. The molecule has 7 aromatic rings. The van der Waals surface area contributed by atoms with Gasteiger partial charge in [0.1, 0.15) is 49.1 Å². The minimum Gasteiger partial charge on any atom is -0.458 e. The topological polar surface area (TPSA) is 285 Å². The van der Waals surface area contributed by atoms with E-state index in [-0.39, 0.29) is 79.2 Å². The number of piperazine rings is 1. The van der Waals surface area contributed by atoms with Crippen molar-refractivity contribution in [3.63, 3.8) is 0 Å². The van der Waals surface area contributed by atoms with Gasteiger partial charge >= 0.3 is 36.5 Å². The van der Waals surface area contributed by atoms with Gasteiger partial charge in [-0.05, 0) is 158 Å². The van der Waals surface area contributed by atoms with Crippen molar-refractivity contribution in [1.29, 1.82) is 0 Å². The van der Waals surface area contributed by atoms with Crippen molar-refractivity contribution in [2.24, 2.45) is 0 Å². The number of fused-ring (bicyclic) bond motifs is 10. The largest absolute Gasteiger partial charge is 0.514 e. The number of esters is 2. The maximum absolute atomic E-state index is 14.1. The first-order valence-corrected chi connectivity index (χ1v) is 35.5. The molecular formula is C72H81N7O18S2. The number of pyridine rings is 4. The van der Waals surface area contributed by atoms with E-state index in [1.807, 2.05) is 38.1 Å². The molecule has 5 aliphatic heterocycles. The molecule has 0 spiro atoms. The Kier molecular flexibility index (Phi) is 20.5. The van der Waals surface area contributed by atoms with Gasteiger partial charge in [0.15, 0.2) is 5.60 Å². The predicted molar refractivity (Wildman–Crippen MR) is 373 cm³/mol. The van der Waals surface area contributed by atoms with Gasteiger partial charge in [-0.1, -0.05) is 49.3 Å². The van der Waals surface area contributed by atoms with Gasteiger partial charge < -0.3 is 66.7 Å². The van der Waals surface area contributed by atoms with Gasteiger partial charge in [0.05, 0.1) is 58.0 Å². The van der Waals surface area contributed by atoms with Gasteiger partial charge in [-0.2, -0.15) is 0 Å². The number of benzene rings is 3. The second kappa shape index (κ2) is 28.6. The molecule has 9 heterocycles. The maximum atomic E-state index is 14.1. The minimum atomic E-state index is -1.92. The number of hydrogen-bond donors (Lipinski definition) is 1. The minimum absolute atomic E-state index is 0.0180. The molecule has 2 atom stereocenters. The standard InChI is InChI=1S/C45H53N5O11S2.C27H28N2O7/c1-8-31-32-24-30(59-43(55)60-44(3,4)5)14-15-36(32)46-38-33(31)26-50-37(38)25-35-34(39(50)51)27-58-40(52)45(35,9-2)61-42(54)57-21-23-63-62-22-20-56-41(53)48(7)28-10-12-29(13-11-28)49-18-16-47(6)17-19-49;1-6-15-16-10-14(35-25(32)36-26(3,4)5)8-9-20(16)28-22-17(15)12-29-21(22)11-19-18(23(29)30)13-34-24(31)27(19,33)7-2/h10-15,24-25H,8-9,16-23,26-27H2,1-7H3;8-11,33H,6-7,12-13H2,1-5H3/t45-;27-/m00/s1. The number of cyclic esters (lactones) is 2. The molecule has 25 nitrogen and oxygen atoms in total. The lowest BCUT2D eigenvalue weighted by Crippen LogP contribution is -2.47. The van der Waals surface area contributed by atoms with Crippen molar-refractivity contribution >= 4 is 91.3 Å². The van der Waals surface area contributed by atoms with Crippen LogP contribution in [0.3, 0.4) is 0 Å². The number of hydrogen-bond acceptors (Lipinski definition) is 24. The summed E-state index contributed by atoms with van der Waals surface area (Å²) in [4.78, 5) is 120. The maximum Gasteiger partial charge on any atom is 0.514 e. The quantitative estimate of drug-likeness (QED) is 0.0309. The van der Waals surface area contributed by atoms with Crippen LogP contribution < -0.4 is 30.4 Å². The lowest BCUT2D eigenvalue weighted by atomic mass is 9.85. The Morgan fingerprint density at radius 1 is 0.606 bits per heavy atom. The average Bonchev–Trinajstić information content (AvgIpc) is 1.63. The van der Waals surface area contributed by atoms with Gasteiger partial charge in [-0.15, -0.1) is 0 Å².